The van der Waals surface area contributed by atoms with Gasteiger partial charge in [-0.05, 0) is 38.3 Å². The van der Waals surface area contributed by atoms with Crippen molar-refractivity contribution < 1.29 is 19.0 Å². The molecule has 1 saturated heterocycles. The molecular formula is C24H31N5O4. The van der Waals surface area contributed by atoms with Gasteiger partial charge >= 0.3 is 0 Å². The van der Waals surface area contributed by atoms with Gasteiger partial charge in [0.1, 0.15) is 11.5 Å². The third kappa shape index (κ3) is 4.88. The lowest BCUT2D eigenvalue weighted by Gasteiger charge is -2.25. The van der Waals surface area contributed by atoms with Crippen molar-refractivity contribution in [1.82, 2.24) is 20.1 Å². The Morgan fingerprint density at radius 3 is 2.58 bits per heavy atom. The minimum Gasteiger partial charge on any atom is -0.496 e. The molecule has 9 heteroatoms. The van der Waals surface area contributed by atoms with Crippen molar-refractivity contribution in [2.24, 2.45) is 0 Å². The number of methoxy groups -OCH3 is 2. The highest BCUT2D eigenvalue weighted by Crippen LogP contribution is 2.30. The highest BCUT2D eigenvalue weighted by molar-refractivity contribution is 6.06. The SMILES string of the molecule is CCn1ncc2c(NC3CCOCC3)c(C(=O)NCCc3c(OC)cccc3OC)cnc21. The normalized spacial score (nSPS) is 14.3. The molecule has 9 nitrogen and oxygen atoms in total. The second kappa shape index (κ2) is 10.5. The van der Waals surface area contributed by atoms with E-state index in [2.05, 4.69) is 20.7 Å². The van der Waals surface area contributed by atoms with Gasteiger partial charge in [-0.15, -0.1) is 0 Å². The van der Waals surface area contributed by atoms with Crippen LogP contribution >= 0.6 is 0 Å². The number of benzene rings is 1. The molecule has 1 fully saturated rings. The van der Waals surface area contributed by atoms with Crippen LogP contribution in [0.2, 0.25) is 0 Å². The van der Waals surface area contributed by atoms with Crippen molar-refractivity contribution in [3.05, 3.63) is 41.7 Å². The molecule has 1 aliphatic rings. The van der Waals surface area contributed by atoms with Crippen LogP contribution in [0, 0.1) is 0 Å². The standard InChI is InChI=1S/C24H31N5O4/c1-4-29-23-18(15-27-29)22(28-16-9-12-33-13-10-16)19(14-26-23)24(30)25-11-8-17-20(31-2)6-5-7-21(17)32-3/h5-7,14-16H,4,8-13H2,1-3H3,(H,25,30)(H,26,28). The van der Waals surface area contributed by atoms with Crippen molar-refractivity contribution in [1.29, 1.82) is 0 Å². The van der Waals surface area contributed by atoms with Gasteiger partial charge < -0.3 is 24.8 Å². The molecule has 1 aromatic carbocycles. The topological polar surface area (TPSA) is 99.5 Å². The number of aryl methyl sites for hydroxylation is 1. The summed E-state index contributed by atoms with van der Waals surface area (Å²) in [5.41, 5.74) is 2.97. The number of nitrogens with one attached hydrogen (secondary N) is 2. The number of carbonyl (C=O) groups is 1. The lowest BCUT2D eigenvalue weighted by atomic mass is 10.1. The van der Waals surface area contributed by atoms with Crippen LogP contribution < -0.4 is 20.1 Å². The van der Waals surface area contributed by atoms with Crippen molar-refractivity contribution in [3.8, 4) is 11.5 Å². The van der Waals surface area contributed by atoms with E-state index in [1.165, 1.54) is 0 Å². The second-order valence-electron chi connectivity index (χ2n) is 7.92. The summed E-state index contributed by atoms with van der Waals surface area (Å²) in [6.07, 6.45) is 5.77. The van der Waals surface area contributed by atoms with E-state index in [0.717, 1.165) is 46.6 Å². The van der Waals surface area contributed by atoms with E-state index >= 15 is 0 Å². The Labute approximate surface area is 193 Å². The van der Waals surface area contributed by atoms with E-state index in [-0.39, 0.29) is 11.9 Å². The molecule has 0 saturated carbocycles. The quantitative estimate of drug-likeness (QED) is 0.514. The summed E-state index contributed by atoms with van der Waals surface area (Å²) >= 11 is 0. The maximum atomic E-state index is 13.2. The number of anilines is 1. The van der Waals surface area contributed by atoms with Gasteiger partial charge in [-0.3, -0.25) is 4.79 Å². The first-order valence-corrected chi connectivity index (χ1v) is 11.3. The Kier molecular flexibility index (Phi) is 7.29. The lowest BCUT2D eigenvalue weighted by molar-refractivity contribution is 0.0904. The van der Waals surface area contributed by atoms with Crippen LogP contribution in [0.15, 0.2) is 30.6 Å². The number of aromatic nitrogens is 3. The average molecular weight is 454 g/mol. The lowest BCUT2D eigenvalue weighted by Crippen LogP contribution is -2.31. The number of carbonyl (C=O) groups excluding carboxylic acids is 1. The van der Waals surface area contributed by atoms with Crippen LogP contribution in [0.3, 0.4) is 0 Å². The van der Waals surface area contributed by atoms with E-state index in [4.69, 9.17) is 14.2 Å². The van der Waals surface area contributed by atoms with E-state index in [1.807, 2.05) is 29.8 Å². The summed E-state index contributed by atoms with van der Waals surface area (Å²) in [5, 5.41) is 11.9. The summed E-state index contributed by atoms with van der Waals surface area (Å²) < 4.78 is 18.2. The molecule has 0 aliphatic carbocycles. The van der Waals surface area contributed by atoms with Crippen LogP contribution in [0.25, 0.3) is 11.0 Å². The molecule has 2 N–H and O–H groups in total. The fourth-order valence-electron chi connectivity index (χ4n) is 4.20. The highest BCUT2D eigenvalue weighted by Gasteiger charge is 2.22. The summed E-state index contributed by atoms with van der Waals surface area (Å²) in [6.45, 7) is 4.58. The van der Waals surface area contributed by atoms with E-state index < -0.39 is 0 Å². The molecule has 1 aliphatic heterocycles. The zero-order valence-corrected chi connectivity index (χ0v) is 19.4. The summed E-state index contributed by atoms with van der Waals surface area (Å²) in [6, 6.07) is 5.89. The number of ether oxygens (including phenoxy) is 3. The fraction of sp³-hybridized carbons (Fsp3) is 0.458. The second-order valence-corrected chi connectivity index (χ2v) is 7.92. The van der Waals surface area contributed by atoms with Gasteiger partial charge in [-0.1, -0.05) is 6.07 Å². The molecular weight excluding hydrogens is 422 g/mol. The van der Waals surface area contributed by atoms with Crippen LogP contribution in [-0.4, -0.2) is 60.7 Å². The molecule has 0 bridgehead atoms. The van der Waals surface area contributed by atoms with Crippen LogP contribution in [0.1, 0.15) is 35.7 Å². The number of hydrogen-bond acceptors (Lipinski definition) is 7. The third-order valence-electron chi connectivity index (χ3n) is 5.97. The number of hydrogen-bond donors (Lipinski definition) is 2. The summed E-state index contributed by atoms with van der Waals surface area (Å²) in [4.78, 5) is 17.8. The predicted octanol–water partition coefficient (Wildman–Crippen LogP) is 3.03. The first kappa shape index (κ1) is 22.8. The van der Waals surface area contributed by atoms with Crippen molar-refractivity contribution in [2.75, 3.05) is 39.3 Å². The summed E-state index contributed by atoms with van der Waals surface area (Å²) in [5.74, 6) is 1.29. The van der Waals surface area contributed by atoms with Gasteiger partial charge in [0.2, 0.25) is 0 Å². The van der Waals surface area contributed by atoms with Gasteiger partial charge in [-0.2, -0.15) is 5.10 Å². The van der Waals surface area contributed by atoms with E-state index in [0.29, 0.717) is 38.3 Å². The number of nitrogens with zero attached hydrogens (tertiary/aromatic N) is 3. The molecule has 2 aromatic heterocycles. The largest absolute Gasteiger partial charge is 0.496 e. The zero-order chi connectivity index (χ0) is 23.2. The number of pyridine rings is 1. The molecule has 0 atom stereocenters. The summed E-state index contributed by atoms with van der Waals surface area (Å²) in [7, 11) is 3.25. The van der Waals surface area contributed by atoms with Crippen molar-refractivity contribution in [2.45, 2.75) is 38.8 Å². The Balaban J connectivity index is 1.55. The van der Waals surface area contributed by atoms with Gasteiger partial charge in [0, 0.05) is 44.1 Å². The maximum Gasteiger partial charge on any atom is 0.254 e. The van der Waals surface area contributed by atoms with Gasteiger partial charge in [0.05, 0.1) is 37.1 Å². The minimum atomic E-state index is -0.183. The zero-order valence-electron chi connectivity index (χ0n) is 19.4. The van der Waals surface area contributed by atoms with Gasteiger partial charge in [-0.25, -0.2) is 9.67 Å². The Morgan fingerprint density at radius 2 is 1.91 bits per heavy atom. The van der Waals surface area contributed by atoms with Crippen LogP contribution in [0.5, 0.6) is 11.5 Å². The maximum absolute atomic E-state index is 13.2. The van der Waals surface area contributed by atoms with Crippen molar-refractivity contribution in [3.63, 3.8) is 0 Å². The highest BCUT2D eigenvalue weighted by atomic mass is 16.5. The van der Waals surface area contributed by atoms with E-state index in [1.54, 1.807) is 26.6 Å². The van der Waals surface area contributed by atoms with Crippen LogP contribution in [0.4, 0.5) is 5.69 Å². The minimum absolute atomic E-state index is 0.183. The number of fused-ring (bicyclic) bond motifs is 1. The predicted molar refractivity (Wildman–Crippen MR) is 126 cm³/mol. The molecule has 4 rings (SSSR count). The number of amides is 1. The smallest absolute Gasteiger partial charge is 0.254 e. The third-order valence-corrected chi connectivity index (χ3v) is 5.97. The fourth-order valence-corrected chi connectivity index (χ4v) is 4.20. The molecule has 0 spiro atoms. The van der Waals surface area contributed by atoms with Gasteiger partial charge in [0.25, 0.3) is 5.91 Å². The molecule has 33 heavy (non-hydrogen) atoms. The van der Waals surface area contributed by atoms with Crippen LogP contribution in [-0.2, 0) is 17.7 Å². The Morgan fingerprint density at radius 1 is 1.18 bits per heavy atom. The monoisotopic (exact) mass is 453 g/mol. The molecule has 1 amide bonds. The Bertz CT molecular complexity index is 1090. The van der Waals surface area contributed by atoms with Gasteiger partial charge in [0.15, 0.2) is 5.65 Å². The molecule has 3 aromatic rings. The molecule has 0 unspecified atom stereocenters. The number of rotatable bonds is 9. The van der Waals surface area contributed by atoms with E-state index in [9.17, 15) is 4.79 Å². The Hall–Kier alpha value is -3.33. The first-order valence-electron chi connectivity index (χ1n) is 11.3. The average Bonchev–Trinajstić information content (AvgIpc) is 3.28. The molecule has 176 valence electrons. The first-order chi connectivity index (χ1) is 16.2. The van der Waals surface area contributed by atoms with Crippen molar-refractivity contribution >= 4 is 22.6 Å². The molecule has 0 radical (unpaired) electrons. The molecule has 3 heterocycles.